The molecule has 1 heterocycles. The zero-order valence-electron chi connectivity index (χ0n) is 13.6. The Morgan fingerprint density at radius 3 is 2.83 bits per heavy atom. The molecule has 0 fully saturated rings. The third-order valence-electron chi connectivity index (χ3n) is 3.35. The average Bonchev–Trinajstić information content (AvgIpc) is 3.03. The number of urea groups is 1. The van der Waals surface area contributed by atoms with Crippen LogP contribution in [0.15, 0.2) is 34.9 Å². The number of amides is 2. The van der Waals surface area contributed by atoms with Gasteiger partial charge in [-0.15, -0.1) is 0 Å². The minimum absolute atomic E-state index is 0.228. The highest BCUT2D eigenvalue weighted by atomic mass is 16.5. The van der Waals surface area contributed by atoms with E-state index in [-0.39, 0.29) is 6.03 Å². The Kier molecular flexibility index (Phi) is 6.47. The maximum Gasteiger partial charge on any atom is 0.315 e. The van der Waals surface area contributed by atoms with Crippen LogP contribution in [0.3, 0.4) is 0 Å². The van der Waals surface area contributed by atoms with Gasteiger partial charge in [-0.3, -0.25) is 0 Å². The Labute approximate surface area is 136 Å². The van der Waals surface area contributed by atoms with Crippen molar-refractivity contribution < 1.29 is 14.1 Å². The van der Waals surface area contributed by atoms with Crippen molar-refractivity contribution in [2.24, 2.45) is 0 Å². The summed E-state index contributed by atoms with van der Waals surface area (Å²) in [6, 6.07) is 9.47. The van der Waals surface area contributed by atoms with Gasteiger partial charge in [-0.25, -0.2) is 4.79 Å². The van der Waals surface area contributed by atoms with Gasteiger partial charge in [0.15, 0.2) is 5.76 Å². The lowest BCUT2D eigenvalue weighted by Gasteiger charge is -2.10. The number of nitrogens with zero attached hydrogens (tertiary/aromatic N) is 1. The molecule has 0 aliphatic carbocycles. The monoisotopic (exact) mass is 317 g/mol. The molecule has 2 N–H and O–H groups in total. The van der Waals surface area contributed by atoms with Crippen molar-refractivity contribution in [3.8, 4) is 5.75 Å². The van der Waals surface area contributed by atoms with E-state index < -0.39 is 0 Å². The number of aryl methyl sites for hydroxylation is 1. The van der Waals surface area contributed by atoms with Crippen molar-refractivity contribution in [3.05, 3.63) is 47.3 Å². The second-order valence-electron chi connectivity index (χ2n) is 5.04. The van der Waals surface area contributed by atoms with Crippen LogP contribution in [0.25, 0.3) is 0 Å². The SMILES string of the molecule is CCOc1ccccc1CCNC(=O)NCc1cc(CC)no1. The molecule has 0 aliphatic heterocycles. The van der Waals surface area contributed by atoms with Crippen molar-refractivity contribution in [1.29, 1.82) is 0 Å². The van der Waals surface area contributed by atoms with E-state index in [1.807, 2.05) is 44.2 Å². The number of rotatable bonds is 8. The summed E-state index contributed by atoms with van der Waals surface area (Å²) in [6.07, 6.45) is 1.53. The molecule has 1 aromatic carbocycles. The van der Waals surface area contributed by atoms with Gasteiger partial charge in [-0.05, 0) is 31.4 Å². The van der Waals surface area contributed by atoms with Gasteiger partial charge < -0.3 is 19.9 Å². The first-order chi connectivity index (χ1) is 11.2. The molecule has 0 atom stereocenters. The zero-order valence-corrected chi connectivity index (χ0v) is 13.6. The summed E-state index contributed by atoms with van der Waals surface area (Å²) in [5.74, 6) is 1.52. The van der Waals surface area contributed by atoms with Crippen LogP contribution in [0.5, 0.6) is 5.75 Å². The predicted molar refractivity (Wildman–Crippen MR) is 87.4 cm³/mol. The number of benzene rings is 1. The molecular weight excluding hydrogens is 294 g/mol. The third-order valence-corrected chi connectivity index (χ3v) is 3.35. The molecule has 1 aromatic heterocycles. The Balaban J connectivity index is 1.72. The predicted octanol–water partition coefficient (Wildman–Crippen LogP) is 2.68. The summed E-state index contributed by atoms with van der Waals surface area (Å²) >= 11 is 0. The number of hydrogen-bond acceptors (Lipinski definition) is 4. The van der Waals surface area contributed by atoms with E-state index >= 15 is 0 Å². The van der Waals surface area contributed by atoms with E-state index in [0.29, 0.717) is 31.9 Å². The van der Waals surface area contributed by atoms with Crippen molar-refractivity contribution in [3.63, 3.8) is 0 Å². The highest BCUT2D eigenvalue weighted by molar-refractivity contribution is 5.73. The number of carbonyl (C=O) groups is 1. The molecule has 6 nitrogen and oxygen atoms in total. The van der Waals surface area contributed by atoms with Crippen molar-refractivity contribution in [1.82, 2.24) is 15.8 Å². The second-order valence-corrected chi connectivity index (χ2v) is 5.04. The number of ether oxygens (including phenoxy) is 1. The molecule has 0 bridgehead atoms. The lowest BCUT2D eigenvalue weighted by Crippen LogP contribution is -2.36. The van der Waals surface area contributed by atoms with E-state index in [4.69, 9.17) is 9.26 Å². The normalized spacial score (nSPS) is 10.3. The van der Waals surface area contributed by atoms with Crippen LogP contribution in [-0.4, -0.2) is 24.3 Å². The molecule has 6 heteroatoms. The molecule has 0 unspecified atom stereocenters. The maximum atomic E-state index is 11.8. The summed E-state index contributed by atoms with van der Waals surface area (Å²) in [7, 11) is 0. The molecule has 2 amide bonds. The Morgan fingerprint density at radius 1 is 1.26 bits per heavy atom. The van der Waals surface area contributed by atoms with Gasteiger partial charge in [0.2, 0.25) is 0 Å². The van der Waals surface area contributed by atoms with E-state index in [9.17, 15) is 4.79 Å². The molecule has 23 heavy (non-hydrogen) atoms. The highest BCUT2D eigenvalue weighted by Crippen LogP contribution is 2.17. The van der Waals surface area contributed by atoms with Gasteiger partial charge in [0.1, 0.15) is 5.75 Å². The van der Waals surface area contributed by atoms with E-state index in [1.54, 1.807) is 0 Å². The smallest absolute Gasteiger partial charge is 0.315 e. The zero-order chi connectivity index (χ0) is 16.5. The summed E-state index contributed by atoms with van der Waals surface area (Å²) in [6.45, 7) is 5.44. The number of nitrogens with one attached hydrogen (secondary N) is 2. The van der Waals surface area contributed by atoms with Crippen LogP contribution in [0.4, 0.5) is 4.79 Å². The molecule has 0 radical (unpaired) electrons. The summed E-state index contributed by atoms with van der Waals surface area (Å²) in [5, 5.41) is 9.45. The quantitative estimate of drug-likeness (QED) is 0.785. The molecule has 0 saturated heterocycles. The van der Waals surface area contributed by atoms with Crippen molar-refractivity contribution >= 4 is 6.03 Å². The van der Waals surface area contributed by atoms with Crippen molar-refractivity contribution in [2.75, 3.05) is 13.2 Å². The minimum atomic E-state index is -0.228. The molecular formula is C17H23N3O3. The van der Waals surface area contributed by atoms with Crippen LogP contribution in [-0.2, 0) is 19.4 Å². The van der Waals surface area contributed by atoms with Gasteiger partial charge in [-0.2, -0.15) is 0 Å². The summed E-state index contributed by atoms with van der Waals surface area (Å²) in [4.78, 5) is 11.8. The minimum Gasteiger partial charge on any atom is -0.494 e. The van der Waals surface area contributed by atoms with Crippen LogP contribution < -0.4 is 15.4 Å². The van der Waals surface area contributed by atoms with E-state index in [2.05, 4.69) is 15.8 Å². The van der Waals surface area contributed by atoms with Crippen molar-refractivity contribution in [2.45, 2.75) is 33.2 Å². The first kappa shape index (κ1) is 16.9. The number of carbonyl (C=O) groups excluding carboxylic acids is 1. The van der Waals surface area contributed by atoms with E-state index in [0.717, 1.165) is 23.4 Å². The Bertz CT molecular complexity index is 625. The number of hydrogen-bond donors (Lipinski definition) is 2. The highest BCUT2D eigenvalue weighted by Gasteiger charge is 2.06. The Morgan fingerprint density at radius 2 is 2.09 bits per heavy atom. The Hall–Kier alpha value is -2.50. The standard InChI is InChI=1S/C17H23N3O3/c1-3-14-11-15(23-20-14)12-19-17(21)18-10-9-13-7-5-6-8-16(13)22-4-2/h5-8,11H,3-4,9-10,12H2,1-2H3,(H2,18,19,21). The van der Waals surface area contributed by atoms with Crippen LogP contribution in [0, 0.1) is 0 Å². The van der Waals surface area contributed by atoms with Gasteiger partial charge in [0.05, 0.1) is 18.8 Å². The van der Waals surface area contributed by atoms with Crippen LogP contribution >= 0.6 is 0 Å². The van der Waals surface area contributed by atoms with Crippen LogP contribution in [0.1, 0.15) is 30.9 Å². The molecule has 0 aliphatic rings. The molecule has 2 aromatic rings. The topological polar surface area (TPSA) is 76.4 Å². The van der Waals surface area contributed by atoms with Gasteiger partial charge in [0, 0.05) is 12.6 Å². The third kappa shape index (κ3) is 5.32. The lowest BCUT2D eigenvalue weighted by molar-refractivity contribution is 0.239. The molecule has 124 valence electrons. The van der Waals surface area contributed by atoms with Crippen LogP contribution in [0.2, 0.25) is 0 Å². The summed E-state index contributed by atoms with van der Waals surface area (Å²) < 4.78 is 10.7. The fourth-order valence-electron chi connectivity index (χ4n) is 2.15. The number of para-hydroxylation sites is 1. The fourth-order valence-corrected chi connectivity index (χ4v) is 2.15. The second kappa shape index (κ2) is 8.82. The number of aromatic nitrogens is 1. The van der Waals surface area contributed by atoms with Gasteiger partial charge in [0.25, 0.3) is 0 Å². The maximum absolute atomic E-state index is 11.8. The van der Waals surface area contributed by atoms with Gasteiger partial charge in [-0.1, -0.05) is 30.3 Å². The fraction of sp³-hybridized carbons (Fsp3) is 0.412. The average molecular weight is 317 g/mol. The molecule has 2 rings (SSSR count). The van der Waals surface area contributed by atoms with E-state index in [1.165, 1.54) is 0 Å². The molecule has 0 saturated carbocycles. The van der Waals surface area contributed by atoms with Gasteiger partial charge >= 0.3 is 6.03 Å². The first-order valence-corrected chi connectivity index (χ1v) is 7.89. The molecule has 0 spiro atoms. The largest absolute Gasteiger partial charge is 0.494 e. The summed E-state index contributed by atoms with van der Waals surface area (Å²) in [5.41, 5.74) is 1.97. The lowest BCUT2D eigenvalue weighted by atomic mass is 10.1. The first-order valence-electron chi connectivity index (χ1n) is 7.89.